The van der Waals surface area contributed by atoms with E-state index in [1.165, 1.54) is 6.92 Å². The maximum absolute atomic E-state index is 12.3. The van der Waals surface area contributed by atoms with E-state index in [-0.39, 0.29) is 18.2 Å². The summed E-state index contributed by atoms with van der Waals surface area (Å²) in [5.41, 5.74) is 4.78. The molecule has 138 valence electrons. The molecule has 0 spiro atoms. The molecule has 0 radical (unpaired) electrons. The number of ether oxygens (including phenoxy) is 1. The van der Waals surface area contributed by atoms with Gasteiger partial charge in [0.05, 0.1) is 7.11 Å². The predicted octanol–water partition coefficient (Wildman–Crippen LogP) is 4.00. The fraction of sp³-hybridized carbons (Fsp3) is 0.333. The lowest BCUT2D eigenvalue weighted by molar-refractivity contribution is -0.117. The number of amides is 2. The molecule has 0 aliphatic rings. The van der Waals surface area contributed by atoms with Gasteiger partial charge in [-0.1, -0.05) is 23.8 Å². The van der Waals surface area contributed by atoms with Crippen LogP contribution >= 0.6 is 0 Å². The third kappa shape index (κ3) is 4.85. The molecular weight excluding hydrogens is 328 g/mol. The van der Waals surface area contributed by atoms with Crippen molar-refractivity contribution in [3.05, 3.63) is 53.1 Å². The van der Waals surface area contributed by atoms with Crippen molar-refractivity contribution in [3.63, 3.8) is 0 Å². The molecule has 0 fully saturated rings. The molecule has 5 nitrogen and oxygen atoms in total. The van der Waals surface area contributed by atoms with Crippen molar-refractivity contribution in [2.45, 2.75) is 34.1 Å². The van der Waals surface area contributed by atoms with Gasteiger partial charge in [-0.2, -0.15) is 0 Å². The van der Waals surface area contributed by atoms with Gasteiger partial charge >= 0.3 is 0 Å². The summed E-state index contributed by atoms with van der Waals surface area (Å²) < 4.78 is 5.16. The van der Waals surface area contributed by atoms with Crippen LogP contribution in [0, 0.1) is 20.8 Å². The maximum atomic E-state index is 12.3. The second-order valence-electron chi connectivity index (χ2n) is 6.45. The minimum atomic E-state index is -0.146. The van der Waals surface area contributed by atoms with E-state index in [1.54, 1.807) is 24.1 Å². The first kappa shape index (κ1) is 19.5. The standard InChI is InChI=1S/C21H26N2O3/c1-14-11-15(2)21(16(3)12-14)23(17(4)24)10-9-20(25)22-18-7-6-8-19(13-18)26-5/h6-8,11-13H,9-10H2,1-5H3,(H,22,25). The first-order valence-electron chi connectivity index (χ1n) is 8.61. The van der Waals surface area contributed by atoms with Crippen molar-refractivity contribution in [1.82, 2.24) is 0 Å². The molecule has 2 rings (SSSR count). The number of aryl methyl sites for hydroxylation is 3. The van der Waals surface area contributed by atoms with E-state index < -0.39 is 0 Å². The topological polar surface area (TPSA) is 58.6 Å². The molecule has 0 saturated heterocycles. The van der Waals surface area contributed by atoms with E-state index in [0.29, 0.717) is 18.0 Å². The van der Waals surface area contributed by atoms with Crippen LogP contribution in [0.2, 0.25) is 0 Å². The lowest BCUT2D eigenvalue weighted by atomic mass is 10.0. The Morgan fingerprint density at radius 1 is 1.08 bits per heavy atom. The molecule has 2 amide bonds. The number of methoxy groups -OCH3 is 1. The van der Waals surface area contributed by atoms with Crippen LogP contribution in [0.4, 0.5) is 11.4 Å². The minimum Gasteiger partial charge on any atom is -0.497 e. The van der Waals surface area contributed by atoms with E-state index in [0.717, 1.165) is 22.4 Å². The second kappa shape index (κ2) is 8.52. The highest BCUT2D eigenvalue weighted by Gasteiger charge is 2.18. The summed E-state index contributed by atoms with van der Waals surface area (Å²) >= 11 is 0. The molecule has 2 aromatic carbocycles. The summed E-state index contributed by atoms with van der Waals surface area (Å²) in [6.07, 6.45) is 0.212. The number of nitrogens with one attached hydrogen (secondary N) is 1. The van der Waals surface area contributed by atoms with Crippen LogP contribution < -0.4 is 15.0 Å². The lowest BCUT2D eigenvalue weighted by Gasteiger charge is -2.25. The highest BCUT2D eigenvalue weighted by Crippen LogP contribution is 2.27. The summed E-state index contributed by atoms with van der Waals surface area (Å²) in [7, 11) is 1.58. The van der Waals surface area contributed by atoms with Gasteiger partial charge < -0.3 is 15.0 Å². The molecule has 26 heavy (non-hydrogen) atoms. The largest absolute Gasteiger partial charge is 0.497 e. The monoisotopic (exact) mass is 354 g/mol. The van der Waals surface area contributed by atoms with Crippen LogP contribution in [0.5, 0.6) is 5.75 Å². The van der Waals surface area contributed by atoms with Crippen LogP contribution in [0.3, 0.4) is 0 Å². The van der Waals surface area contributed by atoms with Crippen molar-refractivity contribution < 1.29 is 14.3 Å². The highest BCUT2D eigenvalue weighted by atomic mass is 16.5. The van der Waals surface area contributed by atoms with Crippen LogP contribution in [0.1, 0.15) is 30.0 Å². The zero-order valence-electron chi connectivity index (χ0n) is 16.1. The van der Waals surface area contributed by atoms with E-state index in [4.69, 9.17) is 4.74 Å². The summed E-state index contributed by atoms with van der Waals surface area (Å²) in [4.78, 5) is 26.1. The summed E-state index contributed by atoms with van der Waals surface area (Å²) in [5, 5.41) is 2.84. The third-order valence-corrected chi connectivity index (χ3v) is 4.20. The zero-order chi connectivity index (χ0) is 19.3. The molecule has 0 unspecified atom stereocenters. The van der Waals surface area contributed by atoms with Crippen molar-refractivity contribution in [3.8, 4) is 5.75 Å². The lowest BCUT2D eigenvalue weighted by Crippen LogP contribution is -2.33. The van der Waals surface area contributed by atoms with Gasteiger partial charge in [-0.25, -0.2) is 0 Å². The SMILES string of the molecule is COc1cccc(NC(=O)CCN(C(C)=O)c2c(C)cc(C)cc2C)c1. The van der Waals surface area contributed by atoms with Gasteiger partial charge in [0.15, 0.2) is 0 Å². The number of hydrogen-bond acceptors (Lipinski definition) is 3. The van der Waals surface area contributed by atoms with Gasteiger partial charge in [-0.3, -0.25) is 9.59 Å². The molecule has 5 heteroatoms. The zero-order valence-corrected chi connectivity index (χ0v) is 16.1. The Bertz CT molecular complexity index is 792. The van der Waals surface area contributed by atoms with Crippen LogP contribution in [0.15, 0.2) is 36.4 Å². The van der Waals surface area contributed by atoms with E-state index in [1.807, 2.05) is 32.9 Å². The van der Waals surface area contributed by atoms with E-state index in [2.05, 4.69) is 17.4 Å². The predicted molar refractivity (Wildman–Crippen MR) is 105 cm³/mol. The maximum Gasteiger partial charge on any atom is 0.226 e. The van der Waals surface area contributed by atoms with Gasteiger partial charge in [0.2, 0.25) is 11.8 Å². The quantitative estimate of drug-likeness (QED) is 0.853. The van der Waals surface area contributed by atoms with Crippen molar-refractivity contribution in [2.75, 3.05) is 23.9 Å². The average Bonchev–Trinajstić information content (AvgIpc) is 2.56. The van der Waals surface area contributed by atoms with Crippen LogP contribution in [-0.4, -0.2) is 25.5 Å². The fourth-order valence-electron chi connectivity index (χ4n) is 3.16. The Labute approximate surface area is 155 Å². The number of carbonyl (C=O) groups excluding carboxylic acids is 2. The Kier molecular flexibility index (Phi) is 6.39. The summed E-state index contributed by atoms with van der Waals surface area (Å²) in [5.74, 6) is 0.459. The minimum absolute atomic E-state index is 0.0748. The normalized spacial score (nSPS) is 10.3. The Morgan fingerprint density at radius 2 is 1.73 bits per heavy atom. The number of nitrogens with zero attached hydrogens (tertiary/aromatic N) is 1. The number of hydrogen-bond donors (Lipinski definition) is 1. The molecule has 0 aliphatic carbocycles. The third-order valence-electron chi connectivity index (χ3n) is 4.20. The van der Waals surface area contributed by atoms with Gasteiger partial charge in [-0.15, -0.1) is 0 Å². The molecule has 0 aromatic heterocycles. The van der Waals surface area contributed by atoms with Crippen molar-refractivity contribution >= 4 is 23.2 Å². The molecule has 0 atom stereocenters. The van der Waals surface area contributed by atoms with E-state index >= 15 is 0 Å². The molecule has 0 aliphatic heterocycles. The highest BCUT2D eigenvalue weighted by molar-refractivity contribution is 5.96. The first-order valence-corrected chi connectivity index (χ1v) is 8.61. The smallest absolute Gasteiger partial charge is 0.226 e. The molecule has 0 heterocycles. The fourth-order valence-corrected chi connectivity index (χ4v) is 3.16. The average molecular weight is 354 g/mol. The Balaban J connectivity index is 2.09. The number of rotatable bonds is 6. The second-order valence-corrected chi connectivity index (χ2v) is 6.45. The molecule has 1 N–H and O–H groups in total. The van der Waals surface area contributed by atoms with Gasteiger partial charge in [0.1, 0.15) is 5.75 Å². The Hall–Kier alpha value is -2.82. The molecule has 0 bridgehead atoms. The summed E-state index contributed by atoms with van der Waals surface area (Å²) in [6.45, 7) is 7.86. The van der Waals surface area contributed by atoms with Crippen molar-refractivity contribution in [2.24, 2.45) is 0 Å². The van der Waals surface area contributed by atoms with Gasteiger partial charge in [0, 0.05) is 37.3 Å². The number of carbonyl (C=O) groups is 2. The van der Waals surface area contributed by atoms with Crippen LogP contribution in [0.25, 0.3) is 0 Å². The van der Waals surface area contributed by atoms with Gasteiger partial charge in [0.25, 0.3) is 0 Å². The summed E-state index contributed by atoms with van der Waals surface area (Å²) in [6, 6.07) is 11.3. The Morgan fingerprint density at radius 3 is 2.31 bits per heavy atom. The number of anilines is 2. The number of benzene rings is 2. The van der Waals surface area contributed by atoms with Gasteiger partial charge in [-0.05, 0) is 44.0 Å². The van der Waals surface area contributed by atoms with Crippen LogP contribution in [-0.2, 0) is 9.59 Å². The van der Waals surface area contributed by atoms with Crippen molar-refractivity contribution in [1.29, 1.82) is 0 Å². The molecule has 0 saturated carbocycles. The van der Waals surface area contributed by atoms with E-state index in [9.17, 15) is 9.59 Å². The molecule has 2 aromatic rings. The molecular formula is C21H26N2O3. The first-order chi connectivity index (χ1) is 12.3.